The van der Waals surface area contributed by atoms with Gasteiger partial charge in [0.2, 0.25) is 0 Å². The van der Waals surface area contributed by atoms with Gasteiger partial charge in [-0.05, 0) is 0 Å². The first-order chi connectivity index (χ1) is 15.8. The predicted molar refractivity (Wildman–Crippen MR) is 142 cm³/mol. The third-order valence-electron chi connectivity index (χ3n) is 6.93. The second-order valence-corrected chi connectivity index (χ2v) is 18.3. The van der Waals surface area contributed by atoms with Crippen molar-refractivity contribution in [3.63, 3.8) is 0 Å². The fraction of sp³-hybridized carbons (Fsp3) is 0.571. The Labute approximate surface area is 208 Å². The summed E-state index contributed by atoms with van der Waals surface area (Å²) in [5.41, 5.74) is 2.98. The van der Waals surface area contributed by atoms with Crippen molar-refractivity contribution in [2.75, 3.05) is 13.2 Å². The molecule has 3 rings (SSSR count). The summed E-state index contributed by atoms with van der Waals surface area (Å²) >= 11 is 0.361. The minimum absolute atomic E-state index is 0.135. The first-order valence-corrected chi connectivity index (χ1v) is 16.4. The zero-order valence-corrected chi connectivity index (χ0v) is 23.9. The molecule has 0 spiro atoms. The molecule has 2 aromatic rings. The van der Waals surface area contributed by atoms with Crippen molar-refractivity contribution in [1.29, 1.82) is 0 Å². The molecule has 0 aromatic heterocycles. The van der Waals surface area contributed by atoms with Crippen molar-refractivity contribution >= 4 is 27.7 Å². The Morgan fingerprint density at radius 2 is 1.42 bits per heavy atom. The van der Waals surface area contributed by atoms with Crippen LogP contribution in [0.5, 0.6) is 0 Å². The summed E-state index contributed by atoms with van der Waals surface area (Å²) < 4.78 is 21.1. The minimum atomic E-state index is -1.89. The van der Waals surface area contributed by atoms with Crippen molar-refractivity contribution in [3.8, 4) is 0 Å². The Morgan fingerprint density at radius 1 is 0.848 bits per heavy atom. The Bertz CT molecular complexity index is 791. The zero-order chi connectivity index (χ0) is 23.8. The van der Waals surface area contributed by atoms with E-state index in [1.54, 1.807) is 0 Å². The van der Waals surface area contributed by atoms with Crippen LogP contribution in [0.25, 0.3) is 0 Å². The molecule has 1 aliphatic rings. The van der Waals surface area contributed by atoms with Crippen LogP contribution in [0.2, 0.25) is 21.4 Å². The third-order valence-corrected chi connectivity index (χ3v) is 15.8. The topological polar surface area (TPSA) is 27.7 Å². The van der Waals surface area contributed by atoms with E-state index in [4.69, 9.17) is 13.9 Å². The molecule has 1 heterocycles. The molecule has 0 aliphatic carbocycles. The first-order valence-electron chi connectivity index (χ1n) is 12.5. The molecule has 0 bridgehead atoms. The van der Waals surface area contributed by atoms with Gasteiger partial charge in [0, 0.05) is 0 Å². The van der Waals surface area contributed by atoms with Crippen LogP contribution in [0.1, 0.15) is 53.5 Å². The van der Waals surface area contributed by atoms with Gasteiger partial charge in [0.1, 0.15) is 0 Å². The molecule has 1 saturated heterocycles. The quantitative estimate of drug-likeness (QED) is 0.297. The maximum absolute atomic E-state index is 6.90. The van der Waals surface area contributed by atoms with E-state index in [1.165, 1.54) is 10.0 Å². The van der Waals surface area contributed by atoms with Crippen LogP contribution < -0.4 is 4.46 Å². The third kappa shape index (κ3) is 7.03. The average molecular weight is 534 g/mol. The maximum atomic E-state index is 6.90. The number of benzene rings is 2. The van der Waals surface area contributed by atoms with E-state index in [0.717, 1.165) is 13.0 Å². The van der Waals surface area contributed by atoms with Crippen LogP contribution in [0.3, 0.4) is 0 Å². The summed E-state index contributed by atoms with van der Waals surface area (Å²) in [5.74, 6) is 0. The molecule has 0 unspecified atom stereocenters. The number of hydrogen-bond acceptors (Lipinski definition) is 3. The van der Waals surface area contributed by atoms with E-state index in [0.29, 0.717) is 49.6 Å². The van der Waals surface area contributed by atoms with Gasteiger partial charge in [-0.15, -0.1) is 0 Å². The van der Waals surface area contributed by atoms with Gasteiger partial charge < -0.3 is 0 Å². The van der Waals surface area contributed by atoms with Gasteiger partial charge in [-0.1, -0.05) is 0 Å². The van der Waals surface area contributed by atoms with E-state index >= 15 is 0 Å². The van der Waals surface area contributed by atoms with Crippen molar-refractivity contribution in [1.82, 2.24) is 0 Å². The van der Waals surface area contributed by atoms with Gasteiger partial charge in [-0.25, -0.2) is 0 Å². The van der Waals surface area contributed by atoms with Crippen LogP contribution in [0.15, 0.2) is 60.7 Å². The first kappa shape index (κ1) is 26.7. The summed E-state index contributed by atoms with van der Waals surface area (Å²) in [6.07, 6.45) is 1.36. The summed E-state index contributed by atoms with van der Waals surface area (Å²) in [4.78, 5) is 0.512. The zero-order valence-electron chi connectivity index (χ0n) is 21.2. The van der Waals surface area contributed by atoms with Crippen molar-refractivity contribution < 1.29 is 13.9 Å². The van der Waals surface area contributed by atoms with Crippen molar-refractivity contribution in [2.45, 2.75) is 88.2 Å². The summed E-state index contributed by atoms with van der Waals surface area (Å²) in [6, 6.07) is 21.3. The Morgan fingerprint density at radius 3 is 2.00 bits per heavy atom. The normalized spacial score (nSPS) is 21.4. The molecule has 2 aromatic carbocycles. The molecule has 0 radical (unpaired) electrons. The molecule has 3 atom stereocenters. The summed E-state index contributed by atoms with van der Waals surface area (Å²) in [7, 11) is -1.89. The van der Waals surface area contributed by atoms with E-state index < -0.39 is 8.32 Å². The van der Waals surface area contributed by atoms with Gasteiger partial charge in [0.05, 0.1) is 0 Å². The van der Waals surface area contributed by atoms with Crippen LogP contribution in [-0.4, -0.2) is 48.7 Å². The fourth-order valence-electron chi connectivity index (χ4n) is 5.46. The summed E-state index contributed by atoms with van der Waals surface area (Å²) in [6.45, 7) is 16.1. The van der Waals surface area contributed by atoms with E-state index in [2.05, 4.69) is 96.1 Å². The van der Waals surface area contributed by atoms with E-state index in [9.17, 15) is 0 Å². The number of hydrogen-bond donors (Lipinski definition) is 0. The molecule has 0 saturated carbocycles. The van der Waals surface area contributed by atoms with Crippen LogP contribution in [-0.2, 0) is 20.5 Å². The standard InChI is InChI=1S/C28H42O3SeSi/c1-21(2)33(22(3)4,23(5)6)30-19-25-17-28(32-26-15-11-8-12-16-26)27(31-25)20-29-18-24-13-9-7-10-14-24/h7-16,21-23,25,27-28H,17-20H2,1-6H3/t25-,27-,28-/m0/s1. The SMILES string of the molecule is CC(C)[Si](OC[C@@H]1C[C@H]([Se]c2ccccc2)[C@H](COCc2ccccc2)O1)(C(C)C)C(C)C. The van der Waals surface area contributed by atoms with Gasteiger partial charge in [0.15, 0.2) is 0 Å². The van der Waals surface area contributed by atoms with Crippen molar-refractivity contribution in [3.05, 3.63) is 66.2 Å². The molecule has 5 heteroatoms. The van der Waals surface area contributed by atoms with Gasteiger partial charge >= 0.3 is 209 Å². The van der Waals surface area contributed by atoms with Crippen molar-refractivity contribution in [2.24, 2.45) is 0 Å². The molecule has 1 aliphatic heterocycles. The average Bonchev–Trinajstić information content (AvgIpc) is 3.16. The monoisotopic (exact) mass is 534 g/mol. The van der Waals surface area contributed by atoms with Gasteiger partial charge in [0.25, 0.3) is 0 Å². The fourth-order valence-corrected chi connectivity index (χ4v) is 13.6. The molecule has 33 heavy (non-hydrogen) atoms. The predicted octanol–water partition coefficient (Wildman–Crippen LogP) is 6.37. The van der Waals surface area contributed by atoms with E-state index in [-0.39, 0.29) is 12.2 Å². The van der Waals surface area contributed by atoms with Crippen LogP contribution in [0, 0.1) is 0 Å². The van der Waals surface area contributed by atoms with Crippen LogP contribution in [0.4, 0.5) is 0 Å². The molecular formula is C28H42O3SeSi. The molecule has 1 fully saturated rings. The molecule has 0 N–H and O–H groups in total. The summed E-state index contributed by atoms with van der Waals surface area (Å²) in [5, 5.41) is 0. The second-order valence-electron chi connectivity index (χ2n) is 10.1. The second kappa shape index (κ2) is 12.7. The molecule has 0 amide bonds. The molecule has 3 nitrogen and oxygen atoms in total. The number of rotatable bonds is 12. The Hall–Kier alpha value is -0.944. The molecule has 182 valence electrons. The van der Waals surface area contributed by atoms with E-state index in [1.807, 2.05) is 6.07 Å². The Balaban J connectivity index is 1.65. The van der Waals surface area contributed by atoms with Gasteiger partial charge in [-0.2, -0.15) is 0 Å². The van der Waals surface area contributed by atoms with Gasteiger partial charge in [-0.3, -0.25) is 0 Å². The van der Waals surface area contributed by atoms with Crippen LogP contribution >= 0.6 is 0 Å². The Kier molecular flexibility index (Phi) is 10.2. The number of ether oxygens (including phenoxy) is 2. The molecular weight excluding hydrogens is 491 g/mol.